The lowest BCUT2D eigenvalue weighted by atomic mass is 10.0. The third-order valence-electron chi connectivity index (χ3n) is 2.69. The van der Waals surface area contributed by atoms with E-state index < -0.39 is 0 Å². The number of hydrogen-bond acceptors (Lipinski definition) is 2. The van der Waals surface area contributed by atoms with Crippen molar-refractivity contribution in [3.63, 3.8) is 0 Å². The normalized spacial score (nSPS) is 10.7. The number of fused-ring (bicyclic) bond motifs is 1. The highest BCUT2D eigenvalue weighted by Gasteiger charge is 2.06. The van der Waals surface area contributed by atoms with Crippen LogP contribution >= 0.6 is 11.6 Å². The Labute approximate surface area is 106 Å². The highest BCUT2D eigenvalue weighted by atomic mass is 35.5. The SMILES string of the molecule is Cc1ccc2cc(C(=O)CCCCl)ccc2n1. The van der Waals surface area contributed by atoms with E-state index in [0.717, 1.165) is 28.6 Å². The Morgan fingerprint density at radius 3 is 2.88 bits per heavy atom. The summed E-state index contributed by atoms with van der Waals surface area (Å²) < 4.78 is 0. The molecule has 0 atom stereocenters. The Morgan fingerprint density at radius 1 is 1.29 bits per heavy atom. The second-order valence-corrected chi connectivity index (χ2v) is 4.45. The standard InChI is InChI=1S/C14H14ClNO/c1-10-4-5-11-9-12(6-7-13(11)16-10)14(17)3-2-8-15/h4-7,9H,2-3,8H2,1H3. The van der Waals surface area contributed by atoms with Crippen LogP contribution in [-0.2, 0) is 0 Å². The van der Waals surface area contributed by atoms with Crippen LogP contribution in [0, 0.1) is 6.92 Å². The summed E-state index contributed by atoms with van der Waals surface area (Å²) in [6.45, 7) is 1.96. The zero-order chi connectivity index (χ0) is 12.3. The fraction of sp³-hybridized carbons (Fsp3) is 0.286. The average molecular weight is 248 g/mol. The monoisotopic (exact) mass is 247 g/mol. The summed E-state index contributed by atoms with van der Waals surface area (Å²) in [5, 5.41) is 1.01. The molecule has 0 fully saturated rings. The van der Waals surface area contributed by atoms with Crippen molar-refractivity contribution in [2.75, 3.05) is 5.88 Å². The molecule has 0 unspecified atom stereocenters. The Balaban J connectivity index is 2.31. The molecule has 1 heterocycles. The van der Waals surface area contributed by atoms with Gasteiger partial charge in [-0.1, -0.05) is 6.07 Å². The number of benzene rings is 1. The van der Waals surface area contributed by atoms with E-state index in [0.29, 0.717) is 12.3 Å². The van der Waals surface area contributed by atoms with Gasteiger partial charge in [0.1, 0.15) is 0 Å². The van der Waals surface area contributed by atoms with Crippen LogP contribution in [0.3, 0.4) is 0 Å². The van der Waals surface area contributed by atoms with Crippen LogP contribution in [0.1, 0.15) is 28.9 Å². The minimum Gasteiger partial charge on any atom is -0.294 e. The maximum Gasteiger partial charge on any atom is 0.162 e. The molecule has 0 N–H and O–H groups in total. The quantitative estimate of drug-likeness (QED) is 0.609. The summed E-state index contributed by atoms with van der Waals surface area (Å²) in [4.78, 5) is 16.2. The van der Waals surface area contributed by atoms with Crippen LogP contribution in [0.25, 0.3) is 10.9 Å². The Kier molecular flexibility index (Phi) is 3.75. The van der Waals surface area contributed by atoms with Crippen LogP contribution in [0.15, 0.2) is 30.3 Å². The van der Waals surface area contributed by atoms with Gasteiger partial charge in [-0.25, -0.2) is 0 Å². The van der Waals surface area contributed by atoms with Gasteiger partial charge in [0.05, 0.1) is 5.52 Å². The predicted molar refractivity (Wildman–Crippen MR) is 70.8 cm³/mol. The van der Waals surface area contributed by atoms with Crippen molar-refractivity contribution >= 4 is 28.3 Å². The van der Waals surface area contributed by atoms with Crippen molar-refractivity contribution in [2.45, 2.75) is 19.8 Å². The number of ketones is 1. The molecule has 0 bridgehead atoms. The van der Waals surface area contributed by atoms with Crippen LogP contribution in [0.4, 0.5) is 0 Å². The summed E-state index contributed by atoms with van der Waals surface area (Å²) in [6, 6.07) is 9.59. The number of aryl methyl sites for hydroxylation is 1. The molecule has 1 aromatic carbocycles. The van der Waals surface area contributed by atoms with Gasteiger partial charge in [0.2, 0.25) is 0 Å². The van der Waals surface area contributed by atoms with Gasteiger partial charge in [0, 0.05) is 28.9 Å². The zero-order valence-electron chi connectivity index (χ0n) is 9.74. The van der Waals surface area contributed by atoms with Crippen molar-refractivity contribution in [1.82, 2.24) is 4.98 Å². The molecule has 88 valence electrons. The summed E-state index contributed by atoms with van der Waals surface area (Å²) in [7, 11) is 0. The molecule has 2 rings (SSSR count). The zero-order valence-corrected chi connectivity index (χ0v) is 10.5. The summed E-state index contributed by atoms with van der Waals surface area (Å²) in [5.41, 5.74) is 2.66. The van der Waals surface area contributed by atoms with Crippen molar-refractivity contribution in [1.29, 1.82) is 0 Å². The van der Waals surface area contributed by atoms with E-state index >= 15 is 0 Å². The van der Waals surface area contributed by atoms with Gasteiger partial charge in [-0.05, 0) is 37.6 Å². The summed E-state index contributed by atoms with van der Waals surface area (Å²) >= 11 is 5.58. The van der Waals surface area contributed by atoms with Gasteiger partial charge in [-0.3, -0.25) is 9.78 Å². The number of hydrogen-bond donors (Lipinski definition) is 0. The molecule has 0 spiro atoms. The molecule has 17 heavy (non-hydrogen) atoms. The van der Waals surface area contributed by atoms with Gasteiger partial charge in [0.25, 0.3) is 0 Å². The first-order valence-corrected chi connectivity index (χ1v) is 6.21. The lowest BCUT2D eigenvalue weighted by molar-refractivity contribution is 0.0982. The highest BCUT2D eigenvalue weighted by molar-refractivity contribution is 6.18. The van der Waals surface area contributed by atoms with E-state index in [4.69, 9.17) is 11.6 Å². The van der Waals surface area contributed by atoms with Crippen LogP contribution in [0.2, 0.25) is 0 Å². The Morgan fingerprint density at radius 2 is 2.12 bits per heavy atom. The van der Waals surface area contributed by atoms with Gasteiger partial charge in [-0.2, -0.15) is 0 Å². The lowest BCUT2D eigenvalue weighted by Gasteiger charge is -2.03. The molecule has 0 amide bonds. The van der Waals surface area contributed by atoms with Crippen molar-refractivity contribution in [3.05, 3.63) is 41.6 Å². The molecule has 3 heteroatoms. The van der Waals surface area contributed by atoms with Crippen molar-refractivity contribution in [2.24, 2.45) is 0 Å². The van der Waals surface area contributed by atoms with Crippen LogP contribution in [0.5, 0.6) is 0 Å². The second-order valence-electron chi connectivity index (χ2n) is 4.08. The van der Waals surface area contributed by atoms with E-state index in [1.807, 2.05) is 37.3 Å². The minimum atomic E-state index is 0.146. The van der Waals surface area contributed by atoms with E-state index in [2.05, 4.69) is 4.98 Å². The number of nitrogens with zero attached hydrogens (tertiary/aromatic N) is 1. The van der Waals surface area contributed by atoms with Gasteiger partial charge in [-0.15, -0.1) is 11.6 Å². The molecule has 0 aliphatic carbocycles. The van der Waals surface area contributed by atoms with Crippen LogP contribution in [-0.4, -0.2) is 16.6 Å². The van der Waals surface area contributed by atoms with Gasteiger partial charge in [0.15, 0.2) is 5.78 Å². The molecule has 0 radical (unpaired) electrons. The molecule has 2 aromatic rings. The topological polar surface area (TPSA) is 30.0 Å². The fourth-order valence-corrected chi connectivity index (χ4v) is 1.91. The first-order chi connectivity index (χ1) is 8.20. The van der Waals surface area contributed by atoms with E-state index in [1.165, 1.54) is 0 Å². The third-order valence-corrected chi connectivity index (χ3v) is 2.96. The summed E-state index contributed by atoms with van der Waals surface area (Å²) in [5.74, 6) is 0.674. The molecule has 1 aromatic heterocycles. The smallest absolute Gasteiger partial charge is 0.162 e. The van der Waals surface area contributed by atoms with Gasteiger partial charge >= 0.3 is 0 Å². The maximum absolute atomic E-state index is 11.8. The number of halogens is 1. The average Bonchev–Trinajstić information content (AvgIpc) is 2.35. The largest absolute Gasteiger partial charge is 0.294 e. The molecule has 0 saturated carbocycles. The first kappa shape index (κ1) is 12.1. The number of Topliss-reactive ketones (excluding diaryl/α,β-unsaturated/α-hetero) is 1. The molecule has 2 nitrogen and oxygen atoms in total. The number of aromatic nitrogens is 1. The number of rotatable bonds is 4. The molecule has 0 aliphatic heterocycles. The molecular formula is C14H14ClNO. The minimum absolute atomic E-state index is 0.146. The van der Waals surface area contributed by atoms with E-state index in [1.54, 1.807) is 0 Å². The van der Waals surface area contributed by atoms with Crippen molar-refractivity contribution < 1.29 is 4.79 Å². The molecular weight excluding hydrogens is 234 g/mol. The Bertz CT molecular complexity index is 551. The highest BCUT2D eigenvalue weighted by Crippen LogP contribution is 2.16. The van der Waals surface area contributed by atoms with Crippen LogP contribution < -0.4 is 0 Å². The first-order valence-electron chi connectivity index (χ1n) is 5.67. The maximum atomic E-state index is 11.8. The van der Waals surface area contributed by atoms with Gasteiger partial charge < -0.3 is 0 Å². The molecule has 0 saturated heterocycles. The third kappa shape index (κ3) is 2.83. The number of pyridine rings is 1. The summed E-state index contributed by atoms with van der Waals surface area (Å²) in [6.07, 6.45) is 1.23. The number of carbonyl (C=O) groups excluding carboxylic acids is 1. The second kappa shape index (κ2) is 5.28. The molecule has 0 aliphatic rings. The predicted octanol–water partition coefficient (Wildman–Crippen LogP) is 3.74. The van der Waals surface area contributed by atoms with Crippen molar-refractivity contribution in [3.8, 4) is 0 Å². The number of alkyl halides is 1. The lowest BCUT2D eigenvalue weighted by Crippen LogP contribution is -1.99. The van der Waals surface area contributed by atoms with E-state index in [-0.39, 0.29) is 5.78 Å². The fourth-order valence-electron chi connectivity index (χ4n) is 1.77. The van der Waals surface area contributed by atoms with E-state index in [9.17, 15) is 4.79 Å². The number of carbonyl (C=O) groups is 1. The Hall–Kier alpha value is -1.41.